The highest BCUT2D eigenvalue weighted by Gasteiger charge is 2.17. The summed E-state index contributed by atoms with van der Waals surface area (Å²) in [6.45, 7) is 7.52. The summed E-state index contributed by atoms with van der Waals surface area (Å²) < 4.78 is 13.3. The molecule has 0 saturated carbocycles. The van der Waals surface area contributed by atoms with Gasteiger partial charge in [-0.15, -0.1) is 10.2 Å². The molecule has 3 aromatic rings. The van der Waals surface area contributed by atoms with Crippen molar-refractivity contribution in [3.8, 4) is 17.2 Å². The van der Waals surface area contributed by atoms with Crippen LogP contribution >= 0.6 is 23.4 Å². The molecule has 32 heavy (non-hydrogen) atoms. The molecule has 1 N–H and O–H groups in total. The number of hydrogen-bond acceptors (Lipinski definition) is 6. The number of carbonyl (C=O) groups excluding carboxylic acids is 1. The molecule has 0 saturated heterocycles. The molecule has 0 bridgehead atoms. The van der Waals surface area contributed by atoms with Crippen molar-refractivity contribution >= 4 is 29.3 Å². The minimum Gasteiger partial charge on any atom is -0.494 e. The van der Waals surface area contributed by atoms with E-state index in [-0.39, 0.29) is 18.3 Å². The quantitative estimate of drug-likeness (QED) is 0.403. The molecule has 9 heteroatoms. The predicted octanol–water partition coefficient (Wildman–Crippen LogP) is 4.76. The summed E-state index contributed by atoms with van der Waals surface area (Å²) >= 11 is 7.39. The molecule has 0 aliphatic heterocycles. The van der Waals surface area contributed by atoms with E-state index < -0.39 is 0 Å². The van der Waals surface area contributed by atoms with E-state index in [0.717, 1.165) is 11.4 Å². The number of aromatic nitrogens is 3. The van der Waals surface area contributed by atoms with Crippen LogP contribution in [0, 0.1) is 5.92 Å². The van der Waals surface area contributed by atoms with Crippen LogP contribution in [-0.2, 0) is 11.4 Å². The van der Waals surface area contributed by atoms with E-state index in [4.69, 9.17) is 21.1 Å². The molecule has 1 amide bonds. The van der Waals surface area contributed by atoms with Crippen LogP contribution in [0.4, 0.5) is 0 Å². The summed E-state index contributed by atoms with van der Waals surface area (Å²) in [6.07, 6.45) is 0. The summed E-state index contributed by atoms with van der Waals surface area (Å²) in [5, 5.41) is 12.8. The van der Waals surface area contributed by atoms with E-state index in [0.29, 0.717) is 40.8 Å². The van der Waals surface area contributed by atoms with E-state index in [2.05, 4.69) is 29.4 Å². The molecular formula is C23H27ClN4O3S. The minimum atomic E-state index is -0.0402. The number of benzene rings is 2. The van der Waals surface area contributed by atoms with Crippen LogP contribution in [0.2, 0.25) is 5.02 Å². The second kappa shape index (κ2) is 11.8. The van der Waals surface area contributed by atoms with E-state index >= 15 is 0 Å². The molecule has 0 atom stereocenters. The molecule has 2 aromatic carbocycles. The lowest BCUT2D eigenvalue weighted by molar-refractivity contribution is -0.118. The predicted molar refractivity (Wildman–Crippen MR) is 127 cm³/mol. The Labute approximate surface area is 197 Å². The molecule has 1 aromatic heterocycles. The Bertz CT molecular complexity index is 1010. The molecule has 0 aliphatic carbocycles. The Morgan fingerprint density at radius 3 is 2.34 bits per heavy atom. The van der Waals surface area contributed by atoms with Crippen LogP contribution in [0.5, 0.6) is 11.5 Å². The standard InChI is InChI=1S/C23H27ClN4O3S/c1-4-30-19-9-11-20(12-10-19)31-14-21-26-27-23(32-15-22(29)25-13-16(2)3)28(21)18-7-5-17(24)6-8-18/h5-12,16H,4,13-15H2,1-3H3,(H,25,29). The van der Waals surface area contributed by atoms with Gasteiger partial charge in [-0.2, -0.15) is 0 Å². The van der Waals surface area contributed by atoms with Gasteiger partial charge in [-0.25, -0.2) is 0 Å². The molecule has 0 aliphatic rings. The third-order valence-corrected chi connectivity index (χ3v) is 5.51. The van der Waals surface area contributed by atoms with Gasteiger partial charge in [0, 0.05) is 17.3 Å². The second-order valence-corrected chi connectivity index (χ2v) is 8.77. The van der Waals surface area contributed by atoms with Gasteiger partial charge in [0.25, 0.3) is 0 Å². The summed E-state index contributed by atoms with van der Waals surface area (Å²) in [4.78, 5) is 12.2. The van der Waals surface area contributed by atoms with Crippen molar-refractivity contribution < 1.29 is 14.3 Å². The topological polar surface area (TPSA) is 78.3 Å². The second-order valence-electron chi connectivity index (χ2n) is 7.39. The fourth-order valence-electron chi connectivity index (χ4n) is 2.78. The van der Waals surface area contributed by atoms with Gasteiger partial charge in [-0.1, -0.05) is 37.2 Å². The first-order valence-corrected chi connectivity index (χ1v) is 11.8. The number of hydrogen-bond donors (Lipinski definition) is 1. The first kappa shape index (κ1) is 23.9. The van der Waals surface area contributed by atoms with Crippen molar-refractivity contribution in [1.82, 2.24) is 20.1 Å². The molecule has 0 fully saturated rings. The molecule has 1 heterocycles. The fraction of sp³-hybridized carbons (Fsp3) is 0.348. The summed E-state index contributed by atoms with van der Waals surface area (Å²) in [5.41, 5.74) is 0.842. The number of nitrogens with zero attached hydrogens (tertiary/aromatic N) is 3. The summed E-state index contributed by atoms with van der Waals surface area (Å²) in [7, 11) is 0. The Hall–Kier alpha value is -2.71. The first-order valence-electron chi connectivity index (χ1n) is 10.4. The van der Waals surface area contributed by atoms with Gasteiger partial charge in [-0.05, 0) is 61.4 Å². The van der Waals surface area contributed by atoms with Crippen molar-refractivity contribution in [2.75, 3.05) is 18.9 Å². The molecule has 3 rings (SSSR count). The number of amides is 1. The highest BCUT2D eigenvalue weighted by molar-refractivity contribution is 7.99. The highest BCUT2D eigenvalue weighted by atomic mass is 35.5. The zero-order valence-electron chi connectivity index (χ0n) is 18.4. The zero-order chi connectivity index (χ0) is 22.9. The average molecular weight is 475 g/mol. The van der Waals surface area contributed by atoms with Crippen molar-refractivity contribution in [3.05, 3.63) is 59.4 Å². The number of nitrogens with one attached hydrogen (secondary N) is 1. The van der Waals surface area contributed by atoms with Crippen LogP contribution in [0.3, 0.4) is 0 Å². The zero-order valence-corrected chi connectivity index (χ0v) is 19.9. The lowest BCUT2D eigenvalue weighted by Gasteiger charge is -2.12. The molecule has 170 valence electrons. The number of thioether (sulfide) groups is 1. The number of rotatable bonds is 11. The monoisotopic (exact) mass is 474 g/mol. The van der Waals surface area contributed by atoms with Crippen LogP contribution in [0.1, 0.15) is 26.6 Å². The number of carbonyl (C=O) groups is 1. The van der Waals surface area contributed by atoms with Crippen molar-refractivity contribution in [1.29, 1.82) is 0 Å². The van der Waals surface area contributed by atoms with E-state index in [1.54, 1.807) is 12.1 Å². The average Bonchev–Trinajstić information content (AvgIpc) is 3.19. The van der Waals surface area contributed by atoms with Gasteiger partial charge in [0.2, 0.25) is 5.91 Å². The Kier molecular flexibility index (Phi) is 8.81. The maximum absolute atomic E-state index is 12.2. The van der Waals surface area contributed by atoms with Crippen LogP contribution in [0.15, 0.2) is 53.7 Å². The third kappa shape index (κ3) is 6.90. The fourth-order valence-corrected chi connectivity index (χ4v) is 3.71. The minimum absolute atomic E-state index is 0.0402. The van der Waals surface area contributed by atoms with Crippen molar-refractivity contribution in [2.24, 2.45) is 5.92 Å². The van der Waals surface area contributed by atoms with Gasteiger partial charge in [0.05, 0.1) is 12.4 Å². The smallest absolute Gasteiger partial charge is 0.230 e. The van der Waals surface area contributed by atoms with Gasteiger partial charge in [-0.3, -0.25) is 9.36 Å². The van der Waals surface area contributed by atoms with Gasteiger partial charge >= 0.3 is 0 Å². The van der Waals surface area contributed by atoms with Crippen LogP contribution < -0.4 is 14.8 Å². The molecule has 0 radical (unpaired) electrons. The Balaban J connectivity index is 1.74. The molecule has 0 unspecified atom stereocenters. The SMILES string of the molecule is CCOc1ccc(OCc2nnc(SCC(=O)NCC(C)C)n2-c2ccc(Cl)cc2)cc1. The van der Waals surface area contributed by atoms with Crippen LogP contribution in [0.25, 0.3) is 5.69 Å². The van der Waals surface area contributed by atoms with E-state index in [9.17, 15) is 4.79 Å². The normalized spacial score (nSPS) is 10.9. The largest absolute Gasteiger partial charge is 0.494 e. The van der Waals surface area contributed by atoms with Gasteiger partial charge in [0.15, 0.2) is 11.0 Å². The summed E-state index contributed by atoms with van der Waals surface area (Å²) in [5.74, 6) is 2.71. The highest BCUT2D eigenvalue weighted by Crippen LogP contribution is 2.25. The Morgan fingerprint density at radius 1 is 1.06 bits per heavy atom. The number of ether oxygens (including phenoxy) is 2. The van der Waals surface area contributed by atoms with E-state index in [1.165, 1.54) is 11.8 Å². The van der Waals surface area contributed by atoms with E-state index in [1.807, 2.05) is 47.9 Å². The number of halogens is 1. The Morgan fingerprint density at radius 2 is 1.72 bits per heavy atom. The third-order valence-electron chi connectivity index (χ3n) is 4.33. The lowest BCUT2D eigenvalue weighted by Crippen LogP contribution is -2.28. The summed E-state index contributed by atoms with van der Waals surface area (Å²) in [6, 6.07) is 14.8. The molecule has 0 spiro atoms. The molecular weight excluding hydrogens is 448 g/mol. The van der Waals surface area contributed by atoms with Gasteiger partial charge in [0.1, 0.15) is 18.1 Å². The molecule has 7 nitrogen and oxygen atoms in total. The van der Waals surface area contributed by atoms with Crippen LogP contribution in [-0.4, -0.2) is 39.6 Å². The lowest BCUT2D eigenvalue weighted by atomic mass is 10.2. The van der Waals surface area contributed by atoms with Crippen molar-refractivity contribution in [2.45, 2.75) is 32.5 Å². The first-order chi connectivity index (χ1) is 15.5. The van der Waals surface area contributed by atoms with Crippen molar-refractivity contribution in [3.63, 3.8) is 0 Å². The maximum Gasteiger partial charge on any atom is 0.230 e. The van der Waals surface area contributed by atoms with Gasteiger partial charge < -0.3 is 14.8 Å². The maximum atomic E-state index is 12.2.